The lowest BCUT2D eigenvalue weighted by molar-refractivity contribution is 0.238. The molecular weight excluding hydrogens is 290 g/mol. The van der Waals surface area contributed by atoms with Crippen LogP contribution in [0.5, 0.6) is 0 Å². The zero-order chi connectivity index (χ0) is 14.4. The molecule has 0 fully saturated rings. The summed E-state index contributed by atoms with van der Waals surface area (Å²) in [6.07, 6.45) is 1.65. The average molecular weight is 309 g/mol. The molecule has 1 unspecified atom stereocenters. The van der Waals surface area contributed by atoms with Crippen molar-refractivity contribution in [3.63, 3.8) is 0 Å². The summed E-state index contributed by atoms with van der Waals surface area (Å²) < 4.78 is 0. The third-order valence-electron chi connectivity index (χ3n) is 2.80. The first-order valence-corrected chi connectivity index (χ1v) is 8.37. The molecule has 0 saturated heterocycles. The topological polar surface area (TPSA) is 54.0 Å². The van der Waals surface area contributed by atoms with Crippen LogP contribution in [0.25, 0.3) is 0 Å². The smallest absolute Gasteiger partial charge is 0.315 e. The normalized spacial score (nSPS) is 12.1. The van der Waals surface area contributed by atoms with Gasteiger partial charge in [0.05, 0.1) is 10.7 Å². The van der Waals surface area contributed by atoms with Crippen molar-refractivity contribution >= 4 is 28.7 Å². The molecular formula is C14H19N3OS2. The number of nitrogens with zero attached hydrogens (tertiary/aromatic N) is 1. The molecule has 0 bridgehead atoms. The van der Waals surface area contributed by atoms with E-state index in [1.807, 2.05) is 25.3 Å². The lowest BCUT2D eigenvalue weighted by Gasteiger charge is -2.13. The van der Waals surface area contributed by atoms with Crippen LogP contribution in [0.15, 0.2) is 22.9 Å². The SMILES string of the molecule is Cc1nc(CCNC(=O)NC(C)Cc2cccs2)cs1. The fourth-order valence-electron chi connectivity index (χ4n) is 1.88. The van der Waals surface area contributed by atoms with E-state index in [4.69, 9.17) is 0 Å². The van der Waals surface area contributed by atoms with Crippen molar-refractivity contribution < 1.29 is 4.79 Å². The summed E-state index contributed by atoms with van der Waals surface area (Å²) in [4.78, 5) is 17.4. The van der Waals surface area contributed by atoms with Gasteiger partial charge in [-0.2, -0.15) is 0 Å². The quantitative estimate of drug-likeness (QED) is 0.862. The Bertz CT molecular complexity index is 536. The van der Waals surface area contributed by atoms with Crippen molar-refractivity contribution in [3.05, 3.63) is 38.5 Å². The lowest BCUT2D eigenvalue weighted by atomic mass is 10.2. The van der Waals surface area contributed by atoms with E-state index in [9.17, 15) is 4.79 Å². The van der Waals surface area contributed by atoms with Crippen LogP contribution in [-0.2, 0) is 12.8 Å². The highest BCUT2D eigenvalue weighted by Gasteiger charge is 2.08. The van der Waals surface area contributed by atoms with Gasteiger partial charge in [0.25, 0.3) is 0 Å². The van der Waals surface area contributed by atoms with E-state index in [0.29, 0.717) is 6.54 Å². The maximum Gasteiger partial charge on any atom is 0.315 e. The van der Waals surface area contributed by atoms with Crippen LogP contribution in [0.2, 0.25) is 0 Å². The van der Waals surface area contributed by atoms with Crippen molar-refractivity contribution in [2.24, 2.45) is 0 Å². The molecule has 2 heterocycles. The van der Waals surface area contributed by atoms with Crippen LogP contribution in [0.4, 0.5) is 4.79 Å². The van der Waals surface area contributed by atoms with Gasteiger partial charge in [-0.25, -0.2) is 9.78 Å². The highest BCUT2D eigenvalue weighted by atomic mass is 32.1. The van der Waals surface area contributed by atoms with E-state index in [2.05, 4.69) is 27.1 Å². The summed E-state index contributed by atoms with van der Waals surface area (Å²) in [7, 11) is 0. The van der Waals surface area contributed by atoms with Crippen LogP contribution in [-0.4, -0.2) is 23.6 Å². The van der Waals surface area contributed by atoms with Crippen LogP contribution in [0, 0.1) is 6.92 Å². The highest BCUT2D eigenvalue weighted by molar-refractivity contribution is 7.10. The lowest BCUT2D eigenvalue weighted by Crippen LogP contribution is -2.42. The van der Waals surface area contributed by atoms with Crippen molar-refractivity contribution in [3.8, 4) is 0 Å². The number of nitrogens with one attached hydrogen (secondary N) is 2. The second kappa shape index (κ2) is 7.40. The Morgan fingerprint density at radius 3 is 2.95 bits per heavy atom. The summed E-state index contributed by atoms with van der Waals surface area (Å²) in [6, 6.07) is 4.14. The minimum atomic E-state index is -0.110. The molecule has 0 spiro atoms. The summed E-state index contributed by atoms with van der Waals surface area (Å²) >= 11 is 3.35. The summed E-state index contributed by atoms with van der Waals surface area (Å²) in [5.74, 6) is 0. The van der Waals surface area contributed by atoms with Gasteiger partial charge < -0.3 is 10.6 Å². The van der Waals surface area contributed by atoms with E-state index in [1.165, 1.54) is 4.88 Å². The fourth-order valence-corrected chi connectivity index (χ4v) is 3.37. The predicted octanol–water partition coefficient (Wildman–Crippen LogP) is 2.99. The number of aryl methyl sites for hydroxylation is 1. The molecule has 2 aromatic rings. The van der Waals surface area contributed by atoms with Gasteiger partial charge in [0, 0.05) is 35.7 Å². The number of carbonyl (C=O) groups is 1. The second-order valence-corrected chi connectivity index (χ2v) is 6.79. The molecule has 2 rings (SSSR count). The van der Waals surface area contributed by atoms with Gasteiger partial charge in [-0.15, -0.1) is 22.7 Å². The zero-order valence-corrected chi connectivity index (χ0v) is 13.3. The van der Waals surface area contributed by atoms with Crippen LogP contribution in [0.3, 0.4) is 0 Å². The molecule has 1 atom stereocenters. The minimum Gasteiger partial charge on any atom is -0.338 e. The predicted molar refractivity (Wildman–Crippen MR) is 84.6 cm³/mol. The van der Waals surface area contributed by atoms with Gasteiger partial charge in [-0.1, -0.05) is 6.07 Å². The van der Waals surface area contributed by atoms with Crippen LogP contribution in [0.1, 0.15) is 22.5 Å². The first kappa shape index (κ1) is 15.0. The number of thiazole rings is 1. The Labute approximate surface area is 127 Å². The number of rotatable bonds is 6. The van der Waals surface area contributed by atoms with Gasteiger partial charge in [-0.3, -0.25) is 0 Å². The minimum absolute atomic E-state index is 0.110. The monoisotopic (exact) mass is 309 g/mol. The van der Waals surface area contributed by atoms with Crippen molar-refractivity contribution in [2.75, 3.05) is 6.54 Å². The van der Waals surface area contributed by atoms with Crippen LogP contribution >= 0.6 is 22.7 Å². The Hall–Kier alpha value is -1.40. The number of hydrogen-bond donors (Lipinski definition) is 2. The number of hydrogen-bond acceptors (Lipinski definition) is 4. The Morgan fingerprint density at radius 2 is 2.30 bits per heavy atom. The number of urea groups is 1. The Morgan fingerprint density at radius 1 is 1.45 bits per heavy atom. The molecule has 2 amide bonds. The third-order valence-corrected chi connectivity index (χ3v) is 4.52. The molecule has 4 nitrogen and oxygen atoms in total. The zero-order valence-electron chi connectivity index (χ0n) is 11.7. The number of carbonyl (C=O) groups excluding carboxylic acids is 1. The molecule has 20 heavy (non-hydrogen) atoms. The molecule has 2 aromatic heterocycles. The Kier molecular flexibility index (Phi) is 5.55. The summed E-state index contributed by atoms with van der Waals surface area (Å²) in [5.41, 5.74) is 1.04. The van der Waals surface area contributed by atoms with E-state index in [0.717, 1.165) is 23.5 Å². The largest absolute Gasteiger partial charge is 0.338 e. The van der Waals surface area contributed by atoms with E-state index >= 15 is 0 Å². The maximum absolute atomic E-state index is 11.7. The molecule has 0 aliphatic rings. The number of aromatic nitrogens is 1. The number of amides is 2. The van der Waals surface area contributed by atoms with Crippen molar-refractivity contribution in [1.29, 1.82) is 0 Å². The maximum atomic E-state index is 11.7. The molecule has 6 heteroatoms. The Balaban J connectivity index is 1.64. The number of thiophene rings is 1. The van der Waals surface area contributed by atoms with Crippen LogP contribution < -0.4 is 10.6 Å². The molecule has 0 radical (unpaired) electrons. The van der Waals surface area contributed by atoms with E-state index in [-0.39, 0.29) is 12.1 Å². The fraction of sp³-hybridized carbons (Fsp3) is 0.429. The molecule has 0 aromatic carbocycles. The third kappa shape index (κ3) is 4.94. The van der Waals surface area contributed by atoms with Gasteiger partial charge in [0.1, 0.15) is 0 Å². The summed E-state index contributed by atoms with van der Waals surface area (Å²) in [5, 5.41) is 11.0. The standard InChI is InChI=1S/C14H19N3OS2/c1-10(8-13-4-3-7-19-13)16-14(18)15-6-5-12-9-20-11(2)17-12/h3-4,7,9-10H,5-6,8H2,1-2H3,(H2,15,16,18). The first-order chi connectivity index (χ1) is 9.63. The first-order valence-electron chi connectivity index (χ1n) is 6.61. The van der Waals surface area contributed by atoms with Gasteiger partial charge >= 0.3 is 6.03 Å². The van der Waals surface area contributed by atoms with Crippen molar-refractivity contribution in [1.82, 2.24) is 15.6 Å². The van der Waals surface area contributed by atoms with Gasteiger partial charge in [0.2, 0.25) is 0 Å². The van der Waals surface area contributed by atoms with Crippen molar-refractivity contribution in [2.45, 2.75) is 32.7 Å². The van der Waals surface area contributed by atoms with E-state index < -0.39 is 0 Å². The molecule has 2 N–H and O–H groups in total. The molecule has 0 saturated carbocycles. The molecule has 0 aliphatic carbocycles. The highest BCUT2D eigenvalue weighted by Crippen LogP contribution is 2.11. The average Bonchev–Trinajstić information content (AvgIpc) is 3.01. The molecule has 0 aliphatic heterocycles. The van der Waals surface area contributed by atoms with E-state index in [1.54, 1.807) is 22.7 Å². The molecule has 108 valence electrons. The summed E-state index contributed by atoms with van der Waals surface area (Å²) in [6.45, 7) is 4.62. The van der Waals surface area contributed by atoms with Gasteiger partial charge in [0.15, 0.2) is 0 Å². The second-order valence-electron chi connectivity index (χ2n) is 4.69. The van der Waals surface area contributed by atoms with Gasteiger partial charge in [-0.05, 0) is 25.3 Å².